The summed E-state index contributed by atoms with van der Waals surface area (Å²) in [5, 5.41) is 21.7. The van der Waals surface area contributed by atoms with Gasteiger partial charge in [-0.2, -0.15) is 0 Å². The number of hydrogen-bond acceptors (Lipinski definition) is 4. The van der Waals surface area contributed by atoms with Gasteiger partial charge in [0.05, 0.1) is 0 Å². The van der Waals surface area contributed by atoms with Gasteiger partial charge in [-0.15, -0.1) is 0 Å². The third-order valence-electron chi connectivity index (χ3n) is 3.40. The minimum atomic E-state index is -1.38. The van der Waals surface area contributed by atoms with Crippen molar-refractivity contribution in [3.05, 3.63) is 65.7 Å². The standard InChI is InChI=1S/C17H18N2O4/c18-16(22)14(10-11-6-8-13(20)9-7-11)19-17(23)15(21)12-4-2-1-3-5-12/h1-9,14-15,20-21H,10H2,(H2,18,22)(H,19,23)/t14-,15+/m0/s1. The molecule has 0 bridgehead atoms. The Labute approximate surface area is 133 Å². The topological polar surface area (TPSA) is 113 Å². The molecule has 2 rings (SSSR count). The Morgan fingerprint density at radius 3 is 2.22 bits per heavy atom. The molecule has 0 aliphatic rings. The number of phenolic OH excluding ortho intramolecular Hbond substituents is 1. The number of carbonyl (C=O) groups is 2. The fourth-order valence-electron chi connectivity index (χ4n) is 2.13. The fourth-order valence-corrected chi connectivity index (χ4v) is 2.13. The minimum absolute atomic E-state index is 0.105. The van der Waals surface area contributed by atoms with E-state index in [1.807, 2.05) is 0 Å². The molecular weight excluding hydrogens is 296 g/mol. The van der Waals surface area contributed by atoms with E-state index in [0.717, 1.165) is 5.56 Å². The summed E-state index contributed by atoms with van der Waals surface area (Å²) in [6, 6.07) is 13.7. The van der Waals surface area contributed by atoms with Crippen molar-refractivity contribution in [1.29, 1.82) is 0 Å². The zero-order valence-corrected chi connectivity index (χ0v) is 12.3. The lowest BCUT2D eigenvalue weighted by molar-refractivity contribution is -0.133. The van der Waals surface area contributed by atoms with Crippen molar-refractivity contribution in [2.24, 2.45) is 5.73 Å². The predicted molar refractivity (Wildman–Crippen MR) is 84.3 cm³/mol. The van der Waals surface area contributed by atoms with Gasteiger partial charge in [0.2, 0.25) is 5.91 Å². The summed E-state index contributed by atoms with van der Waals surface area (Å²) in [4.78, 5) is 23.6. The van der Waals surface area contributed by atoms with E-state index >= 15 is 0 Å². The average Bonchev–Trinajstić information content (AvgIpc) is 2.56. The third-order valence-corrected chi connectivity index (χ3v) is 3.40. The predicted octanol–water partition coefficient (Wildman–Crippen LogP) is 0.638. The summed E-state index contributed by atoms with van der Waals surface area (Å²) in [5.41, 5.74) is 6.47. The first-order valence-electron chi connectivity index (χ1n) is 7.08. The van der Waals surface area contributed by atoms with E-state index in [0.29, 0.717) is 5.56 Å². The first-order chi connectivity index (χ1) is 11.0. The second-order valence-electron chi connectivity index (χ2n) is 5.15. The Kier molecular flexibility index (Phi) is 5.32. The molecule has 6 heteroatoms. The zero-order chi connectivity index (χ0) is 16.8. The maximum absolute atomic E-state index is 12.1. The lowest BCUT2D eigenvalue weighted by Gasteiger charge is -2.18. The molecule has 0 spiro atoms. The number of nitrogens with one attached hydrogen (secondary N) is 1. The highest BCUT2D eigenvalue weighted by Gasteiger charge is 2.24. The molecule has 0 heterocycles. The maximum atomic E-state index is 12.1. The molecule has 2 atom stereocenters. The first-order valence-corrected chi connectivity index (χ1v) is 7.08. The van der Waals surface area contributed by atoms with Crippen LogP contribution >= 0.6 is 0 Å². The van der Waals surface area contributed by atoms with Crippen LogP contribution in [0.3, 0.4) is 0 Å². The quantitative estimate of drug-likeness (QED) is 0.626. The van der Waals surface area contributed by atoms with Gasteiger partial charge < -0.3 is 21.3 Å². The summed E-state index contributed by atoms with van der Waals surface area (Å²) in [6.07, 6.45) is -1.21. The molecular formula is C17H18N2O4. The van der Waals surface area contributed by atoms with Crippen LogP contribution in [0.25, 0.3) is 0 Å². The van der Waals surface area contributed by atoms with Crippen LogP contribution in [-0.4, -0.2) is 28.1 Å². The molecule has 2 aromatic rings. The van der Waals surface area contributed by atoms with Crippen LogP contribution < -0.4 is 11.1 Å². The molecule has 2 amide bonds. The Hall–Kier alpha value is -2.86. The highest BCUT2D eigenvalue weighted by Crippen LogP contribution is 2.14. The Morgan fingerprint density at radius 1 is 1.04 bits per heavy atom. The summed E-state index contributed by atoms with van der Waals surface area (Å²) < 4.78 is 0. The normalized spacial score (nSPS) is 13.1. The second kappa shape index (κ2) is 7.42. The fraction of sp³-hybridized carbons (Fsp3) is 0.176. The molecule has 0 saturated heterocycles. The number of nitrogens with two attached hydrogens (primary N) is 1. The smallest absolute Gasteiger partial charge is 0.254 e. The monoisotopic (exact) mass is 314 g/mol. The number of rotatable bonds is 6. The van der Waals surface area contributed by atoms with Gasteiger partial charge in [0.1, 0.15) is 11.8 Å². The molecule has 0 aliphatic heterocycles. The number of primary amides is 1. The Morgan fingerprint density at radius 2 is 1.65 bits per heavy atom. The van der Waals surface area contributed by atoms with Gasteiger partial charge in [-0.1, -0.05) is 42.5 Å². The van der Waals surface area contributed by atoms with Crippen molar-refractivity contribution >= 4 is 11.8 Å². The summed E-state index contributed by atoms with van der Waals surface area (Å²) >= 11 is 0. The van der Waals surface area contributed by atoms with Crippen LogP contribution in [0.5, 0.6) is 5.75 Å². The molecule has 2 aromatic carbocycles. The molecule has 0 fully saturated rings. The molecule has 0 aliphatic carbocycles. The molecule has 6 nitrogen and oxygen atoms in total. The van der Waals surface area contributed by atoms with E-state index in [9.17, 15) is 19.8 Å². The summed E-state index contributed by atoms with van der Waals surface area (Å²) in [6.45, 7) is 0. The number of aliphatic hydroxyl groups excluding tert-OH is 1. The van der Waals surface area contributed by atoms with E-state index in [1.165, 1.54) is 12.1 Å². The van der Waals surface area contributed by atoms with Crippen LogP contribution in [0.1, 0.15) is 17.2 Å². The Balaban J connectivity index is 2.05. The SMILES string of the molecule is NC(=O)[C@H](Cc1ccc(O)cc1)NC(=O)[C@H](O)c1ccccc1. The molecule has 0 aromatic heterocycles. The highest BCUT2D eigenvalue weighted by atomic mass is 16.3. The van der Waals surface area contributed by atoms with Crippen LogP contribution in [0.2, 0.25) is 0 Å². The molecule has 0 radical (unpaired) electrons. The molecule has 5 N–H and O–H groups in total. The van der Waals surface area contributed by atoms with Crippen molar-refractivity contribution in [3.63, 3.8) is 0 Å². The second-order valence-corrected chi connectivity index (χ2v) is 5.15. The van der Waals surface area contributed by atoms with Gasteiger partial charge in [-0.3, -0.25) is 9.59 Å². The number of hydrogen-bond donors (Lipinski definition) is 4. The number of carbonyl (C=O) groups excluding carboxylic acids is 2. The molecule has 0 saturated carbocycles. The lowest BCUT2D eigenvalue weighted by Crippen LogP contribution is -2.47. The summed E-state index contributed by atoms with van der Waals surface area (Å²) in [5.74, 6) is -1.29. The third kappa shape index (κ3) is 4.55. The van der Waals surface area contributed by atoms with Gasteiger partial charge in [-0.05, 0) is 23.3 Å². The van der Waals surface area contributed by atoms with Gasteiger partial charge in [0.25, 0.3) is 5.91 Å². The Bertz CT molecular complexity index is 671. The van der Waals surface area contributed by atoms with Crippen molar-refractivity contribution in [2.75, 3.05) is 0 Å². The van der Waals surface area contributed by atoms with Crippen LogP contribution in [-0.2, 0) is 16.0 Å². The van der Waals surface area contributed by atoms with E-state index in [-0.39, 0.29) is 12.2 Å². The molecule has 120 valence electrons. The van der Waals surface area contributed by atoms with Crippen LogP contribution in [0, 0.1) is 0 Å². The number of amides is 2. The number of aromatic hydroxyl groups is 1. The lowest BCUT2D eigenvalue weighted by atomic mass is 10.0. The molecule has 0 unspecified atom stereocenters. The van der Waals surface area contributed by atoms with Crippen LogP contribution in [0.4, 0.5) is 0 Å². The van der Waals surface area contributed by atoms with Gasteiger partial charge in [0, 0.05) is 6.42 Å². The van der Waals surface area contributed by atoms with E-state index in [1.54, 1.807) is 42.5 Å². The number of aliphatic hydroxyl groups is 1. The maximum Gasteiger partial charge on any atom is 0.254 e. The summed E-state index contributed by atoms with van der Waals surface area (Å²) in [7, 11) is 0. The van der Waals surface area contributed by atoms with E-state index < -0.39 is 24.0 Å². The van der Waals surface area contributed by atoms with Gasteiger partial charge in [-0.25, -0.2) is 0 Å². The highest BCUT2D eigenvalue weighted by molar-refractivity contribution is 5.89. The van der Waals surface area contributed by atoms with E-state index in [2.05, 4.69) is 5.32 Å². The number of phenols is 1. The van der Waals surface area contributed by atoms with Crippen LogP contribution in [0.15, 0.2) is 54.6 Å². The zero-order valence-electron chi connectivity index (χ0n) is 12.3. The van der Waals surface area contributed by atoms with E-state index in [4.69, 9.17) is 5.73 Å². The first kappa shape index (κ1) is 16.5. The molecule has 23 heavy (non-hydrogen) atoms. The van der Waals surface area contributed by atoms with Crippen molar-refractivity contribution in [2.45, 2.75) is 18.6 Å². The number of benzene rings is 2. The minimum Gasteiger partial charge on any atom is -0.508 e. The average molecular weight is 314 g/mol. The van der Waals surface area contributed by atoms with Crippen molar-refractivity contribution in [3.8, 4) is 5.75 Å². The van der Waals surface area contributed by atoms with Gasteiger partial charge >= 0.3 is 0 Å². The van der Waals surface area contributed by atoms with Gasteiger partial charge in [0.15, 0.2) is 6.10 Å². The van der Waals surface area contributed by atoms with Crippen molar-refractivity contribution < 1.29 is 19.8 Å². The van der Waals surface area contributed by atoms with Crippen molar-refractivity contribution in [1.82, 2.24) is 5.32 Å². The largest absolute Gasteiger partial charge is 0.508 e.